The van der Waals surface area contributed by atoms with Gasteiger partial charge in [-0.2, -0.15) is 0 Å². The van der Waals surface area contributed by atoms with Gasteiger partial charge in [0.2, 0.25) is 5.95 Å². The number of anilines is 2. The zero-order chi connectivity index (χ0) is 25.1. The minimum Gasteiger partial charge on any atom is -0.457 e. The van der Waals surface area contributed by atoms with Gasteiger partial charge in [-0.1, -0.05) is 12.1 Å². The lowest BCUT2D eigenvalue weighted by Gasteiger charge is -2.19. The fourth-order valence-electron chi connectivity index (χ4n) is 4.56. The number of halogens is 1. The predicted octanol–water partition coefficient (Wildman–Crippen LogP) is 4.86. The maximum atomic E-state index is 14.1. The zero-order valence-corrected chi connectivity index (χ0v) is 20.4. The number of rotatable bonds is 8. The molecule has 1 amide bonds. The lowest BCUT2D eigenvalue weighted by Crippen LogP contribution is -2.32. The molecule has 3 heterocycles. The average molecular weight is 489 g/mol. The molecule has 36 heavy (non-hydrogen) atoms. The van der Waals surface area contributed by atoms with Crippen LogP contribution in [0.4, 0.5) is 16.0 Å². The molecule has 8 nitrogen and oxygen atoms in total. The summed E-state index contributed by atoms with van der Waals surface area (Å²) >= 11 is 0. The second-order valence-corrected chi connectivity index (χ2v) is 9.05. The highest BCUT2D eigenvalue weighted by molar-refractivity contribution is 5.92. The van der Waals surface area contributed by atoms with Gasteiger partial charge in [-0.15, -0.1) is 0 Å². The quantitative estimate of drug-likeness (QED) is 0.369. The molecule has 4 aromatic rings. The Morgan fingerprint density at radius 3 is 2.78 bits per heavy atom. The number of pyridine rings is 1. The molecule has 9 heteroatoms. The number of likely N-dealkylation sites (tertiary alicyclic amines) is 1. The highest BCUT2D eigenvalue weighted by Gasteiger charge is 2.20. The van der Waals surface area contributed by atoms with Crippen LogP contribution in [-0.4, -0.2) is 51.5 Å². The Morgan fingerprint density at radius 2 is 1.97 bits per heavy atom. The van der Waals surface area contributed by atoms with Crippen molar-refractivity contribution >= 4 is 28.6 Å². The maximum Gasteiger partial charge on any atom is 0.270 e. The Labute approximate surface area is 209 Å². The number of amides is 1. The van der Waals surface area contributed by atoms with Crippen molar-refractivity contribution in [3.05, 3.63) is 72.3 Å². The second-order valence-electron chi connectivity index (χ2n) is 9.05. The molecule has 0 aliphatic carbocycles. The van der Waals surface area contributed by atoms with E-state index < -0.39 is 0 Å². The Morgan fingerprint density at radius 1 is 1.14 bits per heavy atom. The van der Waals surface area contributed by atoms with Crippen LogP contribution in [0.5, 0.6) is 11.5 Å². The van der Waals surface area contributed by atoms with E-state index in [1.807, 2.05) is 23.7 Å². The number of hydrogen-bond donors (Lipinski definition) is 2. The number of benzene rings is 2. The first kappa shape index (κ1) is 23.7. The van der Waals surface area contributed by atoms with Crippen LogP contribution >= 0.6 is 0 Å². The van der Waals surface area contributed by atoms with Gasteiger partial charge in [-0.3, -0.25) is 9.78 Å². The Bertz CT molecular complexity index is 1390. The summed E-state index contributed by atoms with van der Waals surface area (Å²) in [7, 11) is 3.99. The lowest BCUT2D eigenvalue weighted by atomic mass is 10.1. The van der Waals surface area contributed by atoms with Crippen LogP contribution in [0.15, 0.2) is 60.8 Å². The van der Waals surface area contributed by atoms with E-state index in [2.05, 4.69) is 32.5 Å². The summed E-state index contributed by atoms with van der Waals surface area (Å²) in [5.74, 6) is 1.02. The predicted molar refractivity (Wildman–Crippen MR) is 137 cm³/mol. The van der Waals surface area contributed by atoms with Crippen molar-refractivity contribution in [3.8, 4) is 11.5 Å². The van der Waals surface area contributed by atoms with E-state index in [-0.39, 0.29) is 11.7 Å². The Kier molecular flexibility index (Phi) is 6.81. The van der Waals surface area contributed by atoms with Crippen molar-refractivity contribution in [1.29, 1.82) is 0 Å². The van der Waals surface area contributed by atoms with Gasteiger partial charge in [-0.05, 0) is 63.2 Å². The van der Waals surface area contributed by atoms with E-state index in [1.165, 1.54) is 18.9 Å². The SMILES string of the molecule is CN1CCCC1CCNC(=O)c1cc(Oc2ccc3c(c2)nc(Nc2ccccc2F)n3C)ccn1. The number of fused-ring (bicyclic) bond motifs is 1. The van der Waals surface area contributed by atoms with Crippen LogP contribution in [0.1, 0.15) is 29.8 Å². The number of hydrogen-bond acceptors (Lipinski definition) is 6. The summed E-state index contributed by atoms with van der Waals surface area (Å²) in [5.41, 5.74) is 2.22. The van der Waals surface area contributed by atoms with Crippen molar-refractivity contribution in [2.75, 3.05) is 25.5 Å². The van der Waals surface area contributed by atoms with Crippen LogP contribution in [0.3, 0.4) is 0 Å². The van der Waals surface area contributed by atoms with Crippen LogP contribution in [0.25, 0.3) is 11.0 Å². The fraction of sp³-hybridized carbons (Fsp3) is 0.296. The summed E-state index contributed by atoms with van der Waals surface area (Å²) in [5, 5.41) is 6.00. The molecular weight excluding hydrogens is 459 g/mol. The molecule has 1 unspecified atom stereocenters. The summed E-state index contributed by atoms with van der Waals surface area (Å²) < 4.78 is 21.9. The molecule has 186 valence electrons. The Balaban J connectivity index is 1.25. The van der Waals surface area contributed by atoms with Gasteiger partial charge in [0.25, 0.3) is 5.91 Å². The topological polar surface area (TPSA) is 84.3 Å². The fourth-order valence-corrected chi connectivity index (χ4v) is 4.56. The van der Waals surface area contributed by atoms with E-state index in [0.717, 1.165) is 18.5 Å². The molecule has 0 radical (unpaired) electrons. The number of para-hydroxylation sites is 1. The molecule has 0 spiro atoms. The second kappa shape index (κ2) is 10.3. The van der Waals surface area contributed by atoms with Gasteiger partial charge in [0.05, 0.1) is 16.7 Å². The summed E-state index contributed by atoms with van der Waals surface area (Å²) in [6.07, 6.45) is 4.88. The lowest BCUT2D eigenvalue weighted by molar-refractivity contribution is 0.0945. The molecule has 5 rings (SSSR count). The molecule has 1 aliphatic heterocycles. The average Bonchev–Trinajstić information content (AvgIpc) is 3.42. The van der Waals surface area contributed by atoms with Crippen molar-refractivity contribution in [2.24, 2.45) is 7.05 Å². The van der Waals surface area contributed by atoms with Gasteiger partial charge in [0.15, 0.2) is 0 Å². The van der Waals surface area contributed by atoms with E-state index in [9.17, 15) is 9.18 Å². The van der Waals surface area contributed by atoms with E-state index >= 15 is 0 Å². The van der Waals surface area contributed by atoms with Crippen molar-refractivity contribution in [2.45, 2.75) is 25.3 Å². The van der Waals surface area contributed by atoms with Crippen LogP contribution < -0.4 is 15.4 Å². The molecule has 2 aromatic heterocycles. The number of carbonyl (C=O) groups is 1. The third-order valence-electron chi connectivity index (χ3n) is 6.61. The first-order chi connectivity index (χ1) is 17.5. The van der Waals surface area contributed by atoms with Crippen LogP contribution in [-0.2, 0) is 7.05 Å². The molecule has 1 atom stereocenters. The molecule has 1 fully saturated rings. The Hall–Kier alpha value is -3.98. The standard InChI is InChI=1S/C27H29FN6O2/c1-33-15-5-6-18(33)11-13-30-26(35)24-17-20(12-14-29-24)36-19-9-10-25-23(16-19)32-27(34(25)2)31-22-8-4-3-7-21(22)28/h3-4,7-10,12,14,16-18H,5-6,11,13,15H2,1-2H3,(H,30,35)(H,31,32). The number of ether oxygens (including phenoxy) is 1. The molecule has 0 bridgehead atoms. The number of nitrogens with one attached hydrogen (secondary N) is 2. The minimum absolute atomic E-state index is 0.217. The molecule has 1 saturated heterocycles. The highest BCUT2D eigenvalue weighted by Crippen LogP contribution is 2.28. The maximum absolute atomic E-state index is 14.1. The van der Waals surface area contributed by atoms with Crippen LogP contribution in [0.2, 0.25) is 0 Å². The van der Waals surface area contributed by atoms with Gasteiger partial charge >= 0.3 is 0 Å². The third-order valence-corrected chi connectivity index (χ3v) is 6.61. The smallest absolute Gasteiger partial charge is 0.270 e. The number of aryl methyl sites for hydroxylation is 1. The van der Waals surface area contributed by atoms with Gasteiger partial charge in [0, 0.05) is 38.0 Å². The van der Waals surface area contributed by atoms with E-state index in [0.29, 0.717) is 46.9 Å². The normalized spacial score (nSPS) is 15.8. The summed E-state index contributed by atoms with van der Waals surface area (Å²) in [4.78, 5) is 23.7. The number of aromatic nitrogens is 3. The van der Waals surface area contributed by atoms with Crippen molar-refractivity contribution in [1.82, 2.24) is 24.8 Å². The third kappa shape index (κ3) is 5.16. The van der Waals surface area contributed by atoms with E-state index in [1.54, 1.807) is 42.6 Å². The van der Waals surface area contributed by atoms with Gasteiger partial charge in [-0.25, -0.2) is 9.37 Å². The van der Waals surface area contributed by atoms with Crippen LogP contribution in [0, 0.1) is 5.82 Å². The first-order valence-electron chi connectivity index (χ1n) is 12.1. The molecule has 2 aromatic carbocycles. The summed E-state index contributed by atoms with van der Waals surface area (Å²) in [6.45, 7) is 1.73. The van der Waals surface area contributed by atoms with Crippen molar-refractivity contribution < 1.29 is 13.9 Å². The molecule has 1 aliphatic rings. The monoisotopic (exact) mass is 488 g/mol. The molecule has 2 N–H and O–H groups in total. The molecular formula is C27H29FN6O2. The summed E-state index contributed by atoms with van der Waals surface area (Å²) in [6, 6.07) is 15.8. The number of carbonyl (C=O) groups excluding carboxylic acids is 1. The minimum atomic E-state index is -0.350. The van der Waals surface area contributed by atoms with Gasteiger partial charge in [0.1, 0.15) is 23.0 Å². The van der Waals surface area contributed by atoms with E-state index in [4.69, 9.17) is 4.74 Å². The van der Waals surface area contributed by atoms with Crippen molar-refractivity contribution in [3.63, 3.8) is 0 Å². The number of nitrogens with zero attached hydrogens (tertiary/aromatic N) is 4. The molecule has 0 saturated carbocycles. The first-order valence-corrected chi connectivity index (χ1v) is 12.1. The largest absolute Gasteiger partial charge is 0.457 e. The highest BCUT2D eigenvalue weighted by atomic mass is 19.1. The number of imidazole rings is 1. The van der Waals surface area contributed by atoms with Gasteiger partial charge < -0.3 is 24.8 Å². The zero-order valence-electron chi connectivity index (χ0n) is 20.4.